The minimum atomic E-state index is 0.351. The van der Waals surface area contributed by atoms with E-state index in [4.69, 9.17) is 20.6 Å². The van der Waals surface area contributed by atoms with Gasteiger partial charge in [0, 0.05) is 5.33 Å². The number of hydrogen-bond donors (Lipinski definition) is 0. The van der Waals surface area contributed by atoms with Crippen molar-refractivity contribution in [3.05, 3.63) is 0 Å². The van der Waals surface area contributed by atoms with E-state index in [1.165, 1.54) is 0 Å². The predicted octanol–water partition coefficient (Wildman–Crippen LogP) is 1.06. The second kappa shape index (κ2) is 11.9. The number of terminal acetylenes is 1. The average molecular weight is 251 g/mol. The quantitative estimate of drug-likeness (QED) is 0.348. The lowest BCUT2D eigenvalue weighted by Crippen LogP contribution is -2.10. The van der Waals surface area contributed by atoms with Gasteiger partial charge in [0.05, 0.1) is 33.0 Å². The van der Waals surface area contributed by atoms with Crippen molar-refractivity contribution >= 4 is 15.9 Å². The van der Waals surface area contributed by atoms with Gasteiger partial charge in [-0.3, -0.25) is 0 Å². The fourth-order valence-corrected chi connectivity index (χ4v) is 0.854. The zero-order valence-electron chi connectivity index (χ0n) is 7.63. The third kappa shape index (κ3) is 11.9. The Labute approximate surface area is 87.9 Å². The van der Waals surface area contributed by atoms with Gasteiger partial charge in [-0.2, -0.15) is 0 Å². The third-order valence-corrected chi connectivity index (χ3v) is 1.47. The molecule has 0 aliphatic carbocycles. The molecule has 0 rings (SSSR count). The van der Waals surface area contributed by atoms with Crippen molar-refractivity contribution in [3.8, 4) is 12.3 Å². The van der Waals surface area contributed by atoms with E-state index in [0.717, 1.165) is 11.9 Å². The van der Waals surface area contributed by atoms with E-state index in [-0.39, 0.29) is 0 Å². The molecule has 76 valence electrons. The molecule has 0 aliphatic heterocycles. The molecule has 0 aromatic carbocycles. The first-order valence-electron chi connectivity index (χ1n) is 4.14. The first-order chi connectivity index (χ1) is 6.41. The van der Waals surface area contributed by atoms with Crippen LogP contribution in [0.1, 0.15) is 0 Å². The predicted molar refractivity (Wildman–Crippen MR) is 55.1 cm³/mol. The summed E-state index contributed by atoms with van der Waals surface area (Å²) in [5.41, 5.74) is 0. The van der Waals surface area contributed by atoms with Crippen LogP contribution in [-0.2, 0) is 14.2 Å². The Morgan fingerprint density at radius 3 is 2.00 bits per heavy atom. The van der Waals surface area contributed by atoms with Crippen LogP contribution in [0.5, 0.6) is 0 Å². The van der Waals surface area contributed by atoms with E-state index in [9.17, 15) is 0 Å². The Kier molecular flexibility index (Phi) is 11.8. The van der Waals surface area contributed by atoms with Gasteiger partial charge >= 0.3 is 0 Å². The van der Waals surface area contributed by atoms with Gasteiger partial charge < -0.3 is 14.2 Å². The van der Waals surface area contributed by atoms with Crippen LogP contribution in [0, 0.1) is 12.3 Å². The molecule has 13 heavy (non-hydrogen) atoms. The summed E-state index contributed by atoms with van der Waals surface area (Å²) < 4.78 is 15.4. The summed E-state index contributed by atoms with van der Waals surface area (Å²) >= 11 is 3.26. The van der Waals surface area contributed by atoms with E-state index in [2.05, 4.69) is 21.9 Å². The van der Waals surface area contributed by atoms with Crippen LogP contribution in [0.25, 0.3) is 0 Å². The highest BCUT2D eigenvalue weighted by Crippen LogP contribution is 1.83. The summed E-state index contributed by atoms with van der Waals surface area (Å²) in [6.45, 7) is 3.41. The average Bonchev–Trinajstić information content (AvgIpc) is 2.16. The van der Waals surface area contributed by atoms with Gasteiger partial charge in [-0.15, -0.1) is 6.42 Å². The van der Waals surface area contributed by atoms with Gasteiger partial charge in [-0.05, 0) is 0 Å². The lowest BCUT2D eigenvalue weighted by Gasteiger charge is -2.04. The maximum absolute atomic E-state index is 5.19. The Hall–Kier alpha value is -0.0800. The Morgan fingerprint density at radius 2 is 1.46 bits per heavy atom. The van der Waals surface area contributed by atoms with Crippen LogP contribution < -0.4 is 0 Å². The van der Waals surface area contributed by atoms with Crippen molar-refractivity contribution in [2.45, 2.75) is 0 Å². The van der Waals surface area contributed by atoms with E-state index >= 15 is 0 Å². The third-order valence-electron chi connectivity index (χ3n) is 1.15. The summed E-state index contributed by atoms with van der Waals surface area (Å²) in [7, 11) is 0. The molecule has 0 N–H and O–H groups in total. The molecule has 0 bridgehead atoms. The normalized spacial score (nSPS) is 9.85. The molecule has 0 atom stereocenters. The zero-order valence-corrected chi connectivity index (χ0v) is 9.22. The molecule has 0 saturated carbocycles. The Balaban J connectivity index is 2.80. The van der Waals surface area contributed by atoms with Crippen molar-refractivity contribution in [1.82, 2.24) is 0 Å². The van der Waals surface area contributed by atoms with E-state index < -0.39 is 0 Å². The van der Waals surface area contributed by atoms with Gasteiger partial charge in [-0.25, -0.2) is 0 Å². The SMILES string of the molecule is C#CCOCCOCCOCCBr. The van der Waals surface area contributed by atoms with Gasteiger partial charge in [0.2, 0.25) is 0 Å². The maximum Gasteiger partial charge on any atom is 0.107 e. The molecule has 0 fully saturated rings. The lowest BCUT2D eigenvalue weighted by atomic mass is 10.7. The van der Waals surface area contributed by atoms with Crippen LogP contribution in [-0.4, -0.2) is 45.0 Å². The van der Waals surface area contributed by atoms with Gasteiger partial charge in [0.1, 0.15) is 6.61 Å². The molecule has 0 aromatic rings. The van der Waals surface area contributed by atoms with E-state index in [1.807, 2.05) is 0 Å². The van der Waals surface area contributed by atoms with Gasteiger partial charge in [0.15, 0.2) is 0 Å². The molecule has 4 heteroatoms. The minimum Gasteiger partial charge on any atom is -0.378 e. The maximum atomic E-state index is 5.19. The van der Waals surface area contributed by atoms with Gasteiger partial charge in [0.25, 0.3) is 0 Å². The molecule has 0 heterocycles. The highest BCUT2D eigenvalue weighted by molar-refractivity contribution is 9.09. The first kappa shape index (κ1) is 12.9. The van der Waals surface area contributed by atoms with Crippen LogP contribution in [0.2, 0.25) is 0 Å². The zero-order chi connectivity index (χ0) is 9.78. The van der Waals surface area contributed by atoms with Gasteiger partial charge in [-0.1, -0.05) is 21.9 Å². The highest BCUT2D eigenvalue weighted by atomic mass is 79.9. The van der Waals surface area contributed by atoms with Crippen molar-refractivity contribution < 1.29 is 14.2 Å². The van der Waals surface area contributed by atoms with Crippen LogP contribution in [0.3, 0.4) is 0 Å². The number of ether oxygens (including phenoxy) is 3. The number of alkyl halides is 1. The molecule has 0 aromatic heterocycles. The number of rotatable bonds is 9. The topological polar surface area (TPSA) is 27.7 Å². The molecule has 0 spiro atoms. The summed E-state index contributed by atoms with van der Waals surface area (Å²) in [5, 5.41) is 0.859. The van der Waals surface area contributed by atoms with Crippen LogP contribution in [0.4, 0.5) is 0 Å². The van der Waals surface area contributed by atoms with Crippen LogP contribution >= 0.6 is 15.9 Å². The monoisotopic (exact) mass is 250 g/mol. The smallest absolute Gasteiger partial charge is 0.107 e. The van der Waals surface area contributed by atoms with Crippen molar-refractivity contribution in [2.75, 3.05) is 45.0 Å². The Bertz CT molecular complexity index is 133. The molecular formula is C9H15BrO3. The first-order valence-corrected chi connectivity index (χ1v) is 5.26. The fraction of sp³-hybridized carbons (Fsp3) is 0.778. The largest absolute Gasteiger partial charge is 0.378 e. The highest BCUT2D eigenvalue weighted by Gasteiger charge is 1.89. The van der Waals surface area contributed by atoms with E-state index in [0.29, 0.717) is 33.0 Å². The molecule has 0 unspecified atom stereocenters. The Morgan fingerprint density at radius 1 is 0.923 bits per heavy atom. The molecule has 3 nitrogen and oxygen atoms in total. The lowest BCUT2D eigenvalue weighted by molar-refractivity contribution is 0.0238. The van der Waals surface area contributed by atoms with Crippen molar-refractivity contribution in [2.24, 2.45) is 0 Å². The second-order valence-electron chi connectivity index (χ2n) is 2.17. The summed E-state index contributed by atoms with van der Waals surface area (Å²) in [5.74, 6) is 2.38. The van der Waals surface area contributed by atoms with Crippen molar-refractivity contribution in [1.29, 1.82) is 0 Å². The molecule has 0 aliphatic rings. The fourth-order valence-electron chi connectivity index (χ4n) is 0.625. The molecule has 0 radical (unpaired) electrons. The van der Waals surface area contributed by atoms with Crippen LogP contribution in [0.15, 0.2) is 0 Å². The summed E-state index contributed by atoms with van der Waals surface area (Å²) in [4.78, 5) is 0. The molecule has 0 saturated heterocycles. The van der Waals surface area contributed by atoms with Crippen molar-refractivity contribution in [3.63, 3.8) is 0 Å². The summed E-state index contributed by atoms with van der Waals surface area (Å²) in [6, 6.07) is 0. The number of hydrogen-bond acceptors (Lipinski definition) is 3. The molecular weight excluding hydrogens is 236 g/mol. The minimum absolute atomic E-state index is 0.351. The second-order valence-corrected chi connectivity index (χ2v) is 2.96. The summed E-state index contributed by atoms with van der Waals surface area (Å²) in [6.07, 6.45) is 4.98. The number of halogens is 1. The van der Waals surface area contributed by atoms with E-state index in [1.54, 1.807) is 0 Å². The standard InChI is InChI=1S/C9H15BrO3/c1-2-4-11-6-8-13-9-7-12-5-3-10/h1H,3-9H2. The molecule has 0 amide bonds.